The van der Waals surface area contributed by atoms with Gasteiger partial charge in [-0.25, -0.2) is 0 Å². The highest BCUT2D eigenvalue weighted by atomic mass is 35.5. The lowest BCUT2D eigenvalue weighted by Crippen LogP contribution is -2.24. The molecular weight excluding hydrogens is 138 g/mol. The molecule has 0 unspecified atom stereocenters. The van der Waals surface area contributed by atoms with Crippen LogP contribution >= 0.6 is 12.4 Å². The summed E-state index contributed by atoms with van der Waals surface area (Å²) in [5, 5.41) is 2.71. The van der Waals surface area contributed by atoms with Gasteiger partial charge in [0.25, 0.3) is 0 Å². The third kappa shape index (κ3) is 11.4. The summed E-state index contributed by atoms with van der Waals surface area (Å²) >= 11 is 0. The summed E-state index contributed by atoms with van der Waals surface area (Å²) in [6.45, 7) is 6.45. The predicted molar refractivity (Wildman–Crippen MR) is 40.8 cm³/mol. The standard InChI is InChI=1S/C6H13NO.ClH/c1-5(2)4-7-6(3)8;/h5H,4H2,1-3H3,(H,7,8);1H. The number of hydrogen-bond donors (Lipinski definition) is 1. The molecule has 0 saturated carbocycles. The van der Waals surface area contributed by atoms with E-state index in [1.807, 2.05) is 0 Å². The Morgan fingerprint density at radius 1 is 1.56 bits per heavy atom. The molecule has 9 heavy (non-hydrogen) atoms. The smallest absolute Gasteiger partial charge is 0.216 e. The summed E-state index contributed by atoms with van der Waals surface area (Å²) in [6.07, 6.45) is 0. The maximum absolute atomic E-state index is 10.2. The van der Waals surface area contributed by atoms with Crippen molar-refractivity contribution in [1.82, 2.24) is 5.32 Å². The van der Waals surface area contributed by atoms with E-state index in [1.54, 1.807) is 0 Å². The number of rotatable bonds is 2. The van der Waals surface area contributed by atoms with E-state index in [-0.39, 0.29) is 18.3 Å². The maximum atomic E-state index is 10.2. The van der Waals surface area contributed by atoms with Gasteiger partial charge >= 0.3 is 0 Å². The fourth-order valence-electron chi connectivity index (χ4n) is 0.348. The molecule has 1 amide bonds. The van der Waals surface area contributed by atoms with Crippen LogP contribution in [0.4, 0.5) is 0 Å². The van der Waals surface area contributed by atoms with Crippen molar-refractivity contribution in [2.75, 3.05) is 6.54 Å². The Morgan fingerprint density at radius 2 is 2.00 bits per heavy atom. The minimum atomic E-state index is 0. The average Bonchev–Trinajstić information content (AvgIpc) is 1.61. The Bertz CT molecular complexity index is 83.1. The second-order valence-corrected chi connectivity index (χ2v) is 2.33. The molecule has 0 saturated heterocycles. The van der Waals surface area contributed by atoms with E-state index in [1.165, 1.54) is 6.92 Å². The van der Waals surface area contributed by atoms with Crippen LogP contribution in [0, 0.1) is 5.92 Å². The Morgan fingerprint density at radius 3 is 2.11 bits per heavy atom. The van der Waals surface area contributed by atoms with Gasteiger partial charge in [-0.2, -0.15) is 0 Å². The van der Waals surface area contributed by atoms with Gasteiger partial charge < -0.3 is 5.32 Å². The summed E-state index contributed by atoms with van der Waals surface area (Å²) in [6, 6.07) is 0. The van der Waals surface area contributed by atoms with Gasteiger partial charge in [-0.05, 0) is 5.92 Å². The molecule has 0 fully saturated rings. The molecule has 0 aromatic carbocycles. The Hall–Kier alpha value is -0.240. The zero-order chi connectivity index (χ0) is 6.57. The molecule has 0 aliphatic rings. The van der Waals surface area contributed by atoms with Crippen molar-refractivity contribution in [1.29, 1.82) is 0 Å². The molecule has 3 heteroatoms. The van der Waals surface area contributed by atoms with Crippen LogP contribution in [-0.2, 0) is 4.79 Å². The van der Waals surface area contributed by atoms with Crippen molar-refractivity contribution < 1.29 is 4.79 Å². The molecule has 0 atom stereocenters. The van der Waals surface area contributed by atoms with Crippen LogP contribution in [0.25, 0.3) is 0 Å². The van der Waals surface area contributed by atoms with Crippen LogP contribution in [0.15, 0.2) is 0 Å². The van der Waals surface area contributed by atoms with E-state index < -0.39 is 0 Å². The average molecular weight is 152 g/mol. The van der Waals surface area contributed by atoms with Gasteiger partial charge in [0.15, 0.2) is 0 Å². The molecule has 56 valence electrons. The number of hydrogen-bond acceptors (Lipinski definition) is 1. The lowest BCUT2D eigenvalue weighted by atomic mass is 10.2. The van der Waals surface area contributed by atoms with Crippen molar-refractivity contribution >= 4 is 18.3 Å². The summed E-state index contributed by atoms with van der Waals surface area (Å²) in [5.41, 5.74) is 0. The van der Waals surface area contributed by atoms with Crippen LogP contribution in [0.5, 0.6) is 0 Å². The molecule has 0 rings (SSSR count). The third-order valence-corrected chi connectivity index (χ3v) is 0.759. The van der Waals surface area contributed by atoms with E-state index in [4.69, 9.17) is 0 Å². The zero-order valence-electron chi connectivity index (χ0n) is 6.10. The van der Waals surface area contributed by atoms with E-state index in [2.05, 4.69) is 19.2 Å². The molecule has 0 aromatic heterocycles. The Balaban J connectivity index is 0. The summed E-state index contributed by atoms with van der Waals surface area (Å²) < 4.78 is 0. The van der Waals surface area contributed by atoms with Gasteiger partial charge in [-0.3, -0.25) is 4.79 Å². The van der Waals surface area contributed by atoms with Gasteiger partial charge in [0.1, 0.15) is 0 Å². The van der Waals surface area contributed by atoms with Gasteiger partial charge in [-0.1, -0.05) is 13.8 Å². The van der Waals surface area contributed by atoms with Crippen molar-refractivity contribution in [3.63, 3.8) is 0 Å². The lowest BCUT2D eigenvalue weighted by molar-refractivity contribution is -0.119. The second kappa shape index (κ2) is 5.89. The fourth-order valence-corrected chi connectivity index (χ4v) is 0.348. The molecule has 0 bridgehead atoms. The highest BCUT2D eigenvalue weighted by Crippen LogP contribution is 1.85. The van der Waals surface area contributed by atoms with Crippen molar-refractivity contribution in [2.24, 2.45) is 5.92 Å². The van der Waals surface area contributed by atoms with Crippen LogP contribution < -0.4 is 5.32 Å². The van der Waals surface area contributed by atoms with Crippen LogP contribution in [0.3, 0.4) is 0 Å². The first-order valence-electron chi connectivity index (χ1n) is 2.87. The molecule has 0 aliphatic heterocycles. The molecule has 2 nitrogen and oxygen atoms in total. The third-order valence-electron chi connectivity index (χ3n) is 0.759. The molecule has 1 N–H and O–H groups in total. The zero-order valence-corrected chi connectivity index (χ0v) is 6.92. The number of nitrogens with one attached hydrogen (secondary N) is 1. The van der Waals surface area contributed by atoms with Crippen molar-refractivity contribution in [2.45, 2.75) is 20.8 Å². The summed E-state index contributed by atoms with van der Waals surface area (Å²) in [7, 11) is 0. The first-order chi connectivity index (χ1) is 3.63. The molecule has 0 radical (unpaired) electrons. The Labute approximate surface area is 62.4 Å². The normalized spacial score (nSPS) is 8.44. The van der Waals surface area contributed by atoms with Crippen LogP contribution in [-0.4, -0.2) is 12.5 Å². The van der Waals surface area contributed by atoms with E-state index in [0.29, 0.717) is 5.92 Å². The monoisotopic (exact) mass is 151 g/mol. The van der Waals surface area contributed by atoms with Crippen molar-refractivity contribution in [3.05, 3.63) is 0 Å². The molecular formula is C6H14ClNO. The lowest BCUT2D eigenvalue weighted by Gasteiger charge is -2.02. The van der Waals surface area contributed by atoms with E-state index in [0.717, 1.165) is 6.54 Å². The first-order valence-corrected chi connectivity index (χ1v) is 2.87. The molecule has 0 aliphatic carbocycles. The predicted octanol–water partition coefficient (Wildman–Crippen LogP) is 1.20. The van der Waals surface area contributed by atoms with Gasteiger partial charge in [-0.15, -0.1) is 12.4 Å². The molecule has 0 heterocycles. The van der Waals surface area contributed by atoms with Gasteiger partial charge in [0, 0.05) is 13.5 Å². The maximum Gasteiger partial charge on any atom is 0.216 e. The van der Waals surface area contributed by atoms with Crippen LogP contribution in [0.1, 0.15) is 20.8 Å². The molecule has 0 spiro atoms. The Kier molecular flexibility index (Phi) is 7.55. The van der Waals surface area contributed by atoms with Crippen LogP contribution in [0.2, 0.25) is 0 Å². The highest BCUT2D eigenvalue weighted by molar-refractivity contribution is 5.85. The second-order valence-electron chi connectivity index (χ2n) is 2.33. The number of amides is 1. The SMILES string of the molecule is CC(=O)NCC(C)C.Cl. The largest absolute Gasteiger partial charge is 0.356 e. The summed E-state index contributed by atoms with van der Waals surface area (Å²) in [4.78, 5) is 10.2. The number of carbonyl (C=O) groups excluding carboxylic acids is 1. The van der Waals surface area contributed by atoms with E-state index in [9.17, 15) is 4.79 Å². The van der Waals surface area contributed by atoms with Gasteiger partial charge in [0.2, 0.25) is 5.91 Å². The minimum absolute atomic E-state index is 0. The molecule has 0 aromatic rings. The minimum Gasteiger partial charge on any atom is -0.356 e. The van der Waals surface area contributed by atoms with Gasteiger partial charge in [0.05, 0.1) is 0 Å². The number of halogens is 1. The highest BCUT2D eigenvalue weighted by Gasteiger charge is 1.92. The topological polar surface area (TPSA) is 29.1 Å². The van der Waals surface area contributed by atoms with Crippen molar-refractivity contribution in [3.8, 4) is 0 Å². The summed E-state index contributed by atoms with van der Waals surface area (Å²) in [5.74, 6) is 0.609. The van der Waals surface area contributed by atoms with E-state index >= 15 is 0 Å². The first kappa shape index (κ1) is 11.5. The quantitative estimate of drug-likeness (QED) is 0.632. The fraction of sp³-hybridized carbons (Fsp3) is 0.833. The number of carbonyl (C=O) groups is 1.